The van der Waals surface area contributed by atoms with Gasteiger partial charge in [0.1, 0.15) is 5.82 Å². The van der Waals surface area contributed by atoms with Crippen molar-refractivity contribution < 1.29 is 9.18 Å². The quantitative estimate of drug-likeness (QED) is 0.744. The minimum absolute atomic E-state index is 0.235. The first-order chi connectivity index (χ1) is 11.0. The number of benzene rings is 2. The highest BCUT2D eigenvalue weighted by atomic mass is 35.5. The first-order valence-corrected chi connectivity index (χ1v) is 7.97. The van der Waals surface area contributed by atoms with Crippen LogP contribution in [-0.4, -0.2) is 5.91 Å². The van der Waals surface area contributed by atoms with Crippen LogP contribution in [0.15, 0.2) is 42.5 Å². The number of rotatable bonds is 5. The summed E-state index contributed by atoms with van der Waals surface area (Å²) in [6.45, 7) is 4.04. The molecule has 0 aromatic heterocycles. The maximum absolute atomic E-state index is 12.9. The van der Waals surface area contributed by atoms with Crippen molar-refractivity contribution in [2.75, 3.05) is 5.32 Å². The molecule has 0 fully saturated rings. The molecule has 0 aliphatic heterocycles. The third-order valence-corrected chi connectivity index (χ3v) is 3.98. The molecule has 0 saturated carbocycles. The van der Waals surface area contributed by atoms with E-state index in [1.54, 1.807) is 18.2 Å². The van der Waals surface area contributed by atoms with Crippen LogP contribution in [0.1, 0.15) is 30.5 Å². The van der Waals surface area contributed by atoms with Gasteiger partial charge in [-0.05, 0) is 53.8 Å². The average molecular weight is 332 g/mol. The first kappa shape index (κ1) is 17.2. The molecule has 120 valence electrons. The Labute approximate surface area is 141 Å². The van der Waals surface area contributed by atoms with Crippen LogP contribution in [0.25, 0.3) is 6.08 Å². The van der Waals surface area contributed by atoms with Crippen LogP contribution in [-0.2, 0) is 17.6 Å². The number of carbonyl (C=O) groups is 1. The molecule has 2 aromatic rings. The molecule has 1 amide bonds. The lowest BCUT2D eigenvalue weighted by Gasteiger charge is -2.15. The van der Waals surface area contributed by atoms with Crippen molar-refractivity contribution in [1.29, 1.82) is 0 Å². The molecular formula is C19H19ClFNO. The number of amides is 1. The topological polar surface area (TPSA) is 29.1 Å². The van der Waals surface area contributed by atoms with Gasteiger partial charge in [-0.2, -0.15) is 0 Å². The van der Waals surface area contributed by atoms with E-state index in [0.717, 1.165) is 35.2 Å². The van der Waals surface area contributed by atoms with Crippen LogP contribution >= 0.6 is 11.6 Å². The number of hydrogen-bond donors (Lipinski definition) is 1. The average Bonchev–Trinajstić information content (AvgIpc) is 2.55. The lowest BCUT2D eigenvalue weighted by atomic mass is 10.0. The first-order valence-electron chi connectivity index (χ1n) is 7.60. The van der Waals surface area contributed by atoms with E-state index in [1.807, 2.05) is 26.0 Å². The lowest BCUT2D eigenvalue weighted by molar-refractivity contribution is -0.111. The summed E-state index contributed by atoms with van der Waals surface area (Å²) in [7, 11) is 0. The van der Waals surface area contributed by atoms with Crippen LogP contribution < -0.4 is 5.32 Å². The molecule has 0 aliphatic carbocycles. The Morgan fingerprint density at radius 2 is 1.83 bits per heavy atom. The van der Waals surface area contributed by atoms with Crippen molar-refractivity contribution in [1.82, 2.24) is 0 Å². The zero-order valence-corrected chi connectivity index (χ0v) is 14.0. The molecule has 0 spiro atoms. The van der Waals surface area contributed by atoms with Crippen molar-refractivity contribution in [3.05, 3.63) is 70.0 Å². The van der Waals surface area contributed by atoms with E-state index in [4.69, 9.17) is 11.6 Å². The van der Waals surface area contributed by atoms with Crippen molar-refractivity contribution in [3.63, 3.8) is 0 Å². The summed E-state index contributed by atoms with van der Waals surface area (Å²) in [4.78, 5) is 12.2. The summed E-state index contributed by atoms with van der Waals surface area (Å²) >= 11 is 6.22. The highest BCUT2D eigenvalue weighted by Gasteiger charge is 2.11. The fourth-order valence-electron chi connectivity index (χ4n) is 2.38. The second-order valence-corrected chi connectivity index (χ2v) is 5.55. The van der Waals surface area contributed by atoms with Crippen LogP contribution in [0.4, 0.5) is 10.1 Å². The van der Waals surface area contributed by atoms with E-state index < -0.39 is 0 Å². The van der Waals surface area contributed by atoms with E-state index in [2.05, 4.69) is 5.32 Å². The van der Waals surface area contributed by atoms with Gasteiger partial charge in [0.05, 0.1) is 0 Å². The van der Waals surface area contributed by atoms with Gasteiger partial charge in [0, 0.05) is 16.8 Å². The van der Waals surface area contributed by atoms with E-state index in [1.165, 1.54) is 18.2 Å². The smallest absolute Gasteiger partial charge is 0.248 e. The molecule has 0 saturated heterocycles. The van der Waals surface area contributed by atoms with Gasteiger partial charge in [0.25, 0.3) is 0 Å². The van der Waals surface area contributed by atoms with Gasteiger partial charge in [0.15, 0.2) is 0 Å². The molecule has 23 heavy (non-hydrogen) atoms. The highest BCUT2D eigenvalue weighted by Crippen LogP contribution is 2.29. The van der Waals surface area contributed by atoms with E-state index in [0.29, 0.717) is 5.02 Å². The van der Waals surface area contributed by atoms with Crippen LogP contribution in [0.3, 0.4) is 0 Å². The van der Waals surface area contributed by atoms with Crippen LogP contribution in [0.2, 0.25) is 5.02 Å². The second-order valence-electron chi connectivity index (χ2n) is 5.14. The van der Waals surface area contributed by atoms with Gasteiger partial charge >= 0.3 is 0 Å². The molecule has 2 aromatic carbocycles. The Bertz CT molecular complexity index is 723. The van der Waals surface area contributed by atoms with Gasteiger partial charge in [-0.15, -0.1) is 0 Å². The second kappa shape index (κ2) is 7.93. The zero-order chi connectivity index (χ0) is 16.8. The van der Waals surface area contributed by atoms with E-state index in [9.17, 15) is 9.18 Å². The summed E-state index contributed by atoms with van der Waals surface area (Å²) < 4.78 is 12.9. The Kier molecular flexibility index (Phi) is 5.94. The molecule has 0 unspecified atom stereocenters. The highest BCUT2D eigenvalue weighted by molar-refractivity contribution is 6.32. The third-order valence-electron chi connectivity index (χ3n) is 3.62. The maximum Gasteiger partial charge on any atom is 0.248 e. The molecule has 1 N–H and O–H groups in total. The molecule has 0 heterocycles. The Hall–Kier alpha value is -2.13. The van der Waals surface area contributed by atoms with Crippen molar-refractivity contribution in [2.45, 2.75) is 26.7 Å². The number of carbonyl (C=O) groups excluding carboxylic acids is 1. The molecule has 2 rings (SSSR count). The van der Waals surface area contributed by atoms with Crippen molar-refractivity contribution in [2.24, 2.45) is 0 Å². The summed E-state index contributed by atoms with van der Waals surface area (Å²) in [5.41, 5.74) is 3.54. The standard InChI is InChI=1S/C19H19ClFNO/c1-3-14-8-11-17(20)16(4-2)19(14)22-18(23)12-7-13-5-9-15(21)10-6-13/h5-12H,3-4H2,1-2H3,(H,22,23)/b12-7+. The van der Waals surface area contributed by atoms with Crippen LogP contribution in [0, 0.1) is 5.82 Å². The third kappa shape index (κ3) is 4.42. The van der Waals surface area contributed by atoms with Gasteiger partial charge in [-0.25, -0.2) is 4.39 Å². The van der Waals surface area contributed by atoms with Gasteiger partial charge in [0.2, 0.25) is 5.91 Å². The molecule has 0 bridgehead atoms. The molecule has 0 radical (unpaired) electrons. The summed E-state index contributed by atoms with van der Waals surface area (Å²) in [5.74, 6) is -0.535. The number of halogens is 2. The monoisotopic (exact) mass is 331 g/mol. The molecule has 2 nitrogen and oxygen atoms in total. The van der Waals surface area contributed by atoms with Crippen molar-refractivity contribution in [3.8, 4) is 0 Å². The predicted molar refractivity (Wildman–Crippen MR) is 94.3 cm³/mol. The van der Waals surface area contributed by atoms with Gasteiger partial charge < -0.3 is 5.32 Å². The summed E-state index contributed by atoms with van der Waals surface area (Å²) in [5, 5.41) is 3.57. The summed E-state index contributed by atoms with van der Waals surface area (Å²) in [6.07, 6.45) is 4.63. The maximum atomic E-state index is 12.9. The number of aryl methyl sites for hydroxylation is 1. The Morgan fingerprint density at radius 3 is 2.43 bits per heavy atom. The molecule has 4 heteroatoms. The summed E-state index contributed by atoms with van der Waals surface area (Å²) in [6, 6.07) is 9.75. The van der Waals surface area contributed by atoms with Gasteiger partial charge in [-0.1, -0.05) is 43.6 Å². The van der Waals surface area contributed by atoms with Crippen LogP contribution in [0.5, 0.6) is 0 Å². The van der Waals surface area contributed by atoms with Crippen molar-refractivity contribution >= 4 is 29.3 Å². The van der Waals surface area contributed by atoms with E-state index in [-0.39, 0.29) is 11.7 Å². The lowest BCUT2D eigenvalue weighted by Crippen LogP contribution is -2.12. The van der Waals surface area contributed by atoms with Gasteiger partial charge in [-0.3, -0.25) is 4.79 Å². The minimum atomic E-state index is -0.300. The molecule has 0 aliphatic rings. The predicted octanol–water partition coefficient (Wildman–Crippen LogP) is 5.26. The minimum Gasteiger partial charge on any atom is -0.322 e. The Morgan fingerprint density at radius 1 is 1.13 bits per heavy atom. The number of anilines is 1. The SMILES string of the molecule is CCc1ccc(Cl)c(CC)c1NC(=O)/C=C/c1ccc(F)cc1. The zero-order valence-electron chi connectivity index (χ0n) is 13.2. The fraction of sp³-hybridized carbons (Fsp3) is 0.211. The largest absolute Gasteiger partial charge is 0.322 e. The number of hydrogen-bond acceptors (Lipinski definition) is 1. The number of nitrogens with one attached hydrogen (secondary N) is 1. The molecular weight excluding hydrogens is 313 g/mol. The molecule has 0 atom stereocenters. The fourth-order valence-corrected chi connectivity index (χ4v) is 2.67. The normalized spacial score (nSPS) is 11.0. The Balaban J connectivity index is 2.19. The van der Waals surface area contributed by atoms with E-state index >= 15 is 0 Å².